The Morgan fingerprint density at radius 1 is 1.00 bits per heavy atom. The van der Waals surface area contributed by atoms with Crippen molar-refractivity contribution in [2.24, 2.45) is 0 Å². The largest absolute Gasteiger partial charge is 0.294 e. The highest BCUT2D eigenvalue weighted by Gasteiger charge is 2.12. The Morgan fingerprint density at radius 2 is 1.75 bits per heavy atom. The van der Waals surface area contributed by atoms with E-state index in [1.54, 1.807) is 18.3 Å². The van der Waals surface area contributed by atoms with Crippen molar-refractivity contribution in [3.05, 3.63) is 76.9 Å². The highest BCUT2D eigenvalue weighted by Crippen LogP contribution is 2.21. The van der Waals surface area contributed by atoms with Gasteiger partial charge in [-0.15, -0.1) is 0 Å². The number of fused-ring (bicyclic) bond motifs is 1. The number of hydrogen-bond acceptors (Lipinski definition) is 2. The number of para-hydroxylation sites is 1. The molecule has 0 bridgehead atoms. The number of benzene rings is 2. The van der Waals surface area contributed by atoms with Crippen molar-refractivity contribution in [1.82, 2.24) is 4.98 Å². The molecule has 98 valence electrons. The van der Waals surface area contributed by atoms with Crippen molar-refractivity contribution in [3.8, 4) is 0 Å². The number of hydrogen-bond donors (Lipinski definition) is 0. The lowest BCUT2D eigenvalue weighted by Gasteiger charge is -2.06. The van der Waals surface area contributed by atoms with Crippen LogP contribution in [0.15, 0.2) is 60.8 Å². The maximum atomic E-state index is 12.4. The molecule has 0 saturated heterocycles. The van der Waals surface area contributed by atoms with Gasteiger partial charge in [-0.1, -0.05) is 41.9 Å². The van der Waals surface area contributed by atoms with Crippen molar-refractivity contribution >= 4 is 28.3 Å². The summed E-state index contributed by atoms with van der Waals surface area (Å²) in [5.41, 5.74) is 2.44. The third-order valence-electron chi connectivity index (χ3n) is 3.26. The van der Waals surface area contributed by atoms with Gasteiger partial charge in [0.2, 0.25) is 0 Å². The number of nitrogens with zero attached hydrogens (tertiary/aromatic N) is 1. The second kappa shape index (κ2) is 5.43. The molecule has 3 heteroatoms. The van der Waals surface area contributed by atoms with Gasteiger partial charge in [-0.2, -0.15) is 0 Å². The molecule has 2 nitrogen and oxygen atoms in total. The minimum atomic E-state index is 0.0203. The third-order valence-corrected chi connectivity index (χ3v) is 3.59. The van der Waals surface area contributed by atoms with Gasteiger partial charge in [0.05, 0.1) is 10.5 Å². The number of carbonyl (C=O) groups excluding carboxylic acids is 1. The minimum absolute atomic E-state index is 0.0203. The second-order valence-corrected chi connectivity index (χ2v) is 4.97. The number of aromatic nitrogens is 1. The third kappa shape index (κ3) is 2.43. The molecule has 0 aliphatic rings. The number of rotatable bonds is 3. The van der Waals surface area contributed by atoms with Crippen LogP contribution in [0, 0.1) is 0 Å². The first-order valence-corrected chi connectivity index (χ1v) is 6.74. The second-order valence-electron chi connectivity index (χ2n) is 4.57. The SMILES string of the molecule is O=C(Cc1ccnc2ccccc12)c1ccccc1Cl. The summed E-state index contributed by atoms with van der Waals surface area (Å²) in [6, 6.07) is 16.8. The molecule has 0 unspecified atom stereocenters. The summed E-state index contributed by atoms with van der Waals surface area (Å²) in [7, 11) is 0. The molecule has 1 aromatic heterocycles. The minimum Gasteiger partial charge on any atom is -0.294 e. The van der Waals surface area contributed by atoms with E-state index in [0.717, 1.165) is 16.5 Å². The lowest BCUT2D eigenvalue weighted by Crippen LogP contribution is -2.05. The molecule has 1 heterocycles. The maximum Gasteiger partial charge on any atom is 0.168 e. The average molecular weight is 282 g/mol. The van der Waals surface area contributed by atoms with E-state index >= 15 is 0 Å². The first kappa shape index (κ1) is 12.8. The van der Waals surface area contributed by atoms with Crippen molar-refractivity contribution in [3.63, 3.8) is 0 Å². The molecule has 0 saturated carbocycles. The Morgan fingerprint density at radius 3 is 2.60 bits per heavy atom. The Kier molecular flexibility index (Phi) is 3.48. The Hall–Kier alpha value is -2.19. The molecule has 0 aliphatic heterocycles. The van der Waals surface area contributed by atoms with Gasteiger partial charge in [0.15, 0.2) is 5.78 Å². The maximum absolute atomic E-state index is 12.4. The molecule has 0 amide bonds. The van der Waals surface area contributed by atoms with Crippen LogP contribution in [-0.2, 0) is 6.42 Å². The lowest BCUT2D eigenvalue weighted by molar-refractivity contribution is 0.0993. The summed E-state index contributed by atoms with van der Waals surface area (Å²) < 4.78 is 0. The van der Waals surface area contributed by atoms with E-state index in [9.17, 15) is 4.79 Å². The van der Waals surface area contributed by atoms with Gasteiger partial charge in [0.1, 0.15) is 0 Å². The predicted molar refractivity (Wildman–Crippen MR) is 81.2 cm³/mol. The van der Waals surface area contributed by atoms with Crippen LogP contribution in [0.1, 0.15) is 15.9 Å². The van der Waals surface area contributed by atoms with Crippen molar-refractivity contribution < 1.29 is 4.79 Å². The molecule has 0 fully saturated rings. The van der Waals surface area contributed by atoms with Crippen LogP contribution in [0.3, 0.4) is 0 Å². The first-order valence-electron chi connectivity index (χ1n) is 6.36. The molecule has 0 N–H and O–H groups in total. The molecule has 3 rings (SSSR count). The molecule has 3 aromatic rings. The van der Waals surface area contributed by atoms with Crippen LogP contribution >= 0.6 is 11.6 Å². The number of halogens is 1. The summed E-state index contributed by atoms with van der Waals surface area (Å²) in [6.45, 7) is 0. The number of ketones is 1. The molecule has 0 radical (unpaired) electrons. The number of carbonyl (C=O) groups is 1. The molecular formula is C17H12ClNO. The molecular weight excluding hydrogens is 270 g/mol. The molecule has 0 spiro atoms. The van der Waals surface area contributed by atoms with Gasteiger partial charge in [-0.3, -0.25) is 9.78 Å². The van der Waals surface area contributed by atoms with Crippen LogP contribution in [0.2, 0.25) is 5.02 Å². The molecule has 20 heavy (non-hydrogen) atoms. The number of pyridine rings is 1. The Bertz CT molecular complexity index is 777. The molecule has 0 atom stereocenters. The standard InChI is InChI=1S/C17H12ClNO/c18-15-7-3-1-6-14(15)17(20)11-12-9-10-19-16-8-4-2-5-13(12)16/h1-10H,11H2. The summed E-state index contributed by atoms with van der Waals surface area (Å²) in [5.74, 6) is 0.0203. The summed E-state index contributed by atoms with van der Waals surface area (Å²) in [6.07, 6.45) is 2.06. The normalized spacial score (nSPS) is 10.7. The van der Waals surface area contributed by atoms with E-state index in [1.807, 2.05) is 42.5 Å². The van der Waals surface area contributed by atoms with Crippen molar-refractivity contribution in [1.29, 1.82) is 0 Å². The lowest BCUT2D eigenvalue weighted by atomic mass is 10.00. The topological polar surface area (TPSA) is 30.0 Å². The van der Waals surface area contributed by atoms with Gasteiger partial charge >= 0.3 is 0 Å². The van der Waals surface area contributed by atoms with Gasteiger partial charge in [-0.05, 0) is 29.8 Å². The van der Waals surface area contributed by atoms with E-state index in [1.165, 1.54) is 0 Å². The smallest absolute Gasteiger partial charge is 0.168 e. The van der Waals surface area contributed by atoms with Crippen LogP contribution in [0.5, 0.6) is 0 Å². The van der Waals surface area contributed by atoms with E-state index in [-0.39, 0.29) is 5.78 Å². The Balaban J connectivity index is 1.98. The van der Waals surface area contributed by atoms with E-state index in [0.29, 0.717) is 17.0 Å². The van der Waals surface area contributed by atoms with E-state index in [4.69, 9.17) is 11.6 Å². The summed E-state index contributed by atoms with van der Waals surface area (Å²) in [4.78, 5) is 16.7. The predicted octanol–water partition coefficient (Wildman–Crippen LogP) is 4.31. The first-order chi connectivity index (χ1) is 9.75. The van der Waals surface area contributed by atoms with E-state index < -0.39 is 0 Å². The van der Waals surface area contributed by atoms with Gasteiger partial charge < -0.3 is 0 Å². The average Bonchev–Trinajstić information content (AvgIpc) is 2.48. The van der Waals surface area contributed by atoms with Gasteiger partial charge in [0, 0.05) is 23.6 Å². The zero-order valence-corrected chi connectivity index (χ0v) is 11.5. The fourth-order valence-electron chi connectivity index (χ4n) is 2.26. The van der Waals surface area contributed by atoms with Crippen LogP contribution in [-0.4, -0.2) is 10.8 Å². The molecule has 2 aromatic carbocycles. The summed E-state index contributed by atoms with van der Waals surface area (Å²) >= 11 is 6.07. The summed E-state index contributed by atoms with van der Waals surface area (Å²) in [5, 5.41) is 1.51. The van der Waals surface area contributed by atoms with Crippen molar-refractivity contribution in [2.75, 3.05) is 0 Å². The fourth-order valence-corrected chi connectivity index (χ4v) is 2.51. The zero-order valence-electron chi connectivity index (χ0n) is 10.7. The van der Waals surface area contributed by atoms with Gasteiger partial charge in [-0.25, -0.2) is 0 Å². The van der Waals surface area contributed by atoms with Crippen LogP contribution in [0.25, 0.3) is 10.9 Å². The van der Waals surface area contributed by atoms with Crippen molar-refractivity contribution in [2.45, 2.75) is 6.42 Å². The van der Waals surface area contributed by atoms with Crippen LogP contribution in [0.4, 0.5) is 0 Å². The van der Waals surface area contributed by atoms with Crippen LogP contribution < -0.4 is 0 Å². The molecule has 0 aliphatic carbocycles. The highest BCUT2D eigenvalue weighted by atomic mass is 35.5. The quantitative estimate of drug-likeness (QED) is 0.670. The fraction of sp³-hybridized carbons (Fsp3) is 0.0588. The number of Topliss-reactive ketones (excluding diaryl/α,β-unsaturated/α-hetero) is 1. The van der Waals surface area contributed by atoms with E-state index in [2.05, 4.69) is 4.98 Å². The zero-order chi connectivity index (χ0) is 13.9. The highest BCUT2D eigenvalue weighted by molar-refractivity contribution is 6.34. The monoisotopic (exact) mass is 281 g/mol. The Labute approximate surface area is 122 Å². The van der Waals surface area contributed by atoms with Gasteiger partial charge in [0.25, 0.3) is 0 Å².